The third kappa shape index (κ3) is 3.17. The summed E-state index contributed by atoms with van der Waals surface area (Å²) in [6, 6.07) is 0. The van der Waals surface area contributed by atoms with E-state index >= 15 is 0 Å². The normalized spacial score (nSPS) is 23.9. The van der Waals surface area contributed by atoms with Crippen LogP contribution in [-0.2, 0) is 12.8 Å². The third-order valence-corrected chi connectivity index (χ3v) is 6.99. The lowest BCUT2D eigenvalue weighted by Gasteiger charge is -2.35. The number of aromatic nitrogens is 2. The highest BCUT2D eigenvalue weighted by molar-refractivity contribution is 7.18. The van der Waals surface area contributed by atoms with E-state index in [9.17, 15) is 0 Å². The van der Waals surface area contributed by atoms with Crippen LogP contribution in [0.2, 0.25) is 0 Å². The Morgan fingerprint density at radius 1 is 1.25 bits per heavy atom. The Kier molecular flexibility index (Phi) is 4.75. The van der Waals surface area contributed by atoms with Gasteiger partial charge in [0.05, 0.1) is 5.39 Å². The highest BCUT2D eigenvalue weighted by Gasteiger charge is 2.32. The van der Waals surface area contributed by atoms with Crippen LogP contribution in [0.15, 0.2) is 6.33 Å². The van der Waals surface area contributed by atoms with Crippen molar-refractivity contribution in [2.24, 2.45) is 11.8 Å². The van der Waals surface area contributed by atoms with Gasteiger partial charge in [-0.15, -0.1) is 11.3 Å². The lowest BCUT2D eigenvalue weighted by atomic mass is 9.78. The van der Waals surface area contributed by atoms with E-state index in [1.54, 1.807) is 6.33 Å². The molecule has 0 N–H and O–H groups in total. The van der Waals surface area contributed by atoms with Crippen molar-refractivity contribution >= 4 is 21.6 Å². The largest absolute Gasteiger partial charge is 0.474 e. The molecule has 0 aliphatic heterocycles. The molecule has 2 aliphatic rings. The predicted molar refractivity (Wildman–Crippen MR) is 99.9 cm³/mol. The van der Waals surface area contributed by atoms with Crippen LogP contribution in [0.1, 0.15) is 69.2 Å². The van der Waals surface area contributed by atoms with Crippen molar-refractivity contribution in [1.29, 1.82) is 0 Å². The Labute approximate surface area is 148 Å². The second kappa shape index (κ2) is 6.99. The predicted octanol–water partition coefficient (Wildman–Crippen LogP) is 5.55. The zero-order valence-corrected chi connectivity index (χ0v) is 15.7. The molecule has 0 amide bonds. The minimum absolute atomic E-state index is 0.367. The maximum atomic E-state index is 6.29. The van der Waals surface area contributed by atoms with Gasteiger partial charge in [0.2, 0.25) is 5.88 Å². The molecule has 0 spiro atoms. The average molecular weight is 345 g/mol. The zero-order valence-electron chi connectivity index (χ0n) is 14.9. The summed E-state index contributed by atoms with van der Waals surface area (Å²) in [5.74, 6) is 2.59. The summed E-state index contributed by atoms with van der Waals surface area (Å²) in [6.45, 7) is 4.68. The van der Waals surface area contributed by atoms with E-state index in [1.165, 1.54) is 73.6 Å². The second-order valence-corrected chi connectivity index (χ2v) is 8.85. The van der Waals surface area contributed by atoms with Gasteiger partial charge in [0.25, 0.3) is 0 Å². The molecule has 0 bridgehead atoms. The van der Waals surface area contributed by atoms with Crippen molar-refractivity contribution in [1.82, 2.24) is 9.97 Å². The minimum atomic E-state index is 0.367. The van der Waals surface area contributed by atoms with Gasteiger partial charge >= 0.3 is 0 Å². The molecule has 2 aromatic heterocycles. The molecule has 3 nitrogen and oxygen atoms in total. The summed E-state index contributed by atoms with van der Waals surface area (Å²) < 4.78 is 6.29. The summed E-state index contributed by atoms with van der Waals surface area (Å²) >= 11 is 1.84. The lowest BCUT2D eigenvalue weighted by Crippen LogP contribution is -2.34. The van der Waals surface area contributed by atoms with Gasteiger partial charge < -0.3 is 4.74 Å². The molecule has 1 saturated carbocycles. The Morgan fingerprint density at radius 2 is 2.12 bits per heavy atom. The first-order chi connectivity index (χ1) is 11.7. The number of ether oxygens (including phenoxy) is 1. The Hall–Kier alpha value is -1.16. The number of fused-ring (bicyclic) bond motifs is 3. The van der Waals surface area contributed by atoms with Gasteiger partial charge in [0, 0.05) is 4.88 Å². The van der Waals surface area contributed by atoms with Crippen LogP contribution < -0.4 is 4.74 Å². The summed E-state index contributed by atoms with van der Waals surface area (Å²) in [6.07, 6.45) is 13.5. The van der Waals surface area contributed by atoms with E-state index in [-0.39, 0.29) is 0 Å². The van der Waals surface area contributed by atoms with Crippen molar-refractivity contribution < 1.29 is 4.74 Å². The standard InChI is InChI=1S/C20H28N2OS/c1-3-5-13(2)8-9-14-10-15(11-14)23-19-18-16-6-4-7-17(16)24-20(18)22-12-21-19/h12-15H,3-11H2,1-2H3. The topological polar surface area (TPSA) is 35.0 Å². The van der Waals surface area contributed by atoms with Gasteiger partial charge in [-0.1, -0.05) is 33.1 Å². The minimum Gasteiger partial charge on any atom is -0.474 e. The fraction of sp³-hybridized carbons (Fsp3) is 0.700. The molecule has 4 heteroatoms. The highest BCUT2D eigenvalue weighted by Crippen LogP contribution is 2.42. The van der Waals surface area contributed by atoms with Gasteiger partial charge in [0.1, 0.15) is 17.3 Å². The fourth-order valence-corrected chi connectivity index (χ4v) is 5.53. The molecular formula is C20H28N2OS. The van der Waals surface area contributed by atoms with Gasteiger partial charge in [-0.3, -0.25) is 0 Å². The molecule has 1 atom stereocenters. The van der Waals surface area contributed by atoms with E-state index in [1.807, 2.05) is 11.3 Å². The molecular weight excluding hydrogens is 316 g/mol. The number of hydrogen-bond acceptors (Lipinski definition) is 4. The van der Waals surface area contributed by atoms with Crippen LogP contribution in [0, 0.1) is 11.8 Å². The molecule has 1 unspecified atom stereocenters. The van der Waals surface area contributed by atoms with Crippen molar-refractivity contribution in [2.45, 2.75) is 77.7 Å². The van der Waals surface area contributed by atoms with Crippen LogP contribution >= 0.6 is 11.3 Å². The molecule has 0 aromatic carbocycles. The number of rotatable bonds is 7. The Morgan fingerprint density at radius 3 is 2.96 bits per heavy atom. The number of thiophene rings is 1. The van der Waals surface area contributed by atoms with Gasteiger partial charge in [-0.25, -0.2) is 9.97 Å². The first kappa shape index (κ1) is 16.3. The van der Waals surface area contributed by atoms with Crippen LogP contribution in [-0.4, -0.2) is 16.1 Å². The zero-order chi connectivity index (χ0) is 16.5. The molecule has 24 heavy (non-hydrogen) atoms. The summed E-state index contributed by atoms with van der Waals surface area (Å²) in [5, 5.41) is 1.22. The summed E-state index contributed by atoms with van der Waals surface area (Å²) in [5.41, 5.74) is 1.47. The van der Waals surface area contributed by atoms with Crippen LogP contribution in [0.5, 0.6) is 5.88 Å². The van der Waals surface area contributed by atoms with Crippen LogP contribution in [0.4, 0.5) is 0 Å². The second-order valence-electron chi connectivity index (χ2n) is 7.76. The Balaban J connectivity index is 1.35. The van der Waals surface area contributed by atoms with Crippen molar-refractivity contribution in [3.63, 3.8) is 0 Å². The van der Waals surface area contributed by atoms with Crippen LogP contribution in [0.25, 0.3) is 10.2 Å². The molecule has 2 heterocycles. The molecule has 4 rings (SSSR count). The van der Waals surface area contributed by atoms with Crippen molar-refractivity contribution in [2.75, 3.05) is 0 Å². The third-order valence-electron chi connectivity index (χ3n) is 5.79. The molecule has 0 saturated heterocycles. The van der Waals surface area contributed by atoms with E-state index in [0.717, 1.165) is 22.5 Å². The Bertz CT molecular complexity index is 705. The number of nitrogens with zero attached hydrogens (tertiary/aromatic N) is 2. The molecule has 130 valence electrons. The van der Waals surface area contributed by atoms with E-state index in [0.29, 0.717) is 6.10 Å². The van der Waals surface area contributed by atoms with Crippen LogP contribution in [0.3, 0.4) is 0 Å². The number of aryl methyl sites for hydroxylation is 2. The maximum absolute atomic E-state index is 6.29. The first-order valence-corrected chi connectivity index (χ1v) is 10.5. The van der Waals surface area contributed by atoms with E-state index < -0.39 is 0 Å². The number of hydrogen-bond donors (Lipinski definition) is 0. The monoisotopic (exact) mass is 344 g/mol. The van der Waals surface area contributed by atoms with Crippen molar-refractivity contribution in [3.8, 4) is 5.88 Å². The fourth-order valence-electron chi connectivity index (χ4n) is 4.31. The smallest absolute Gasteiger partial charge is 0.225 e. The van der Waals surface area contributed by atoms with E-state index in [4.69, 9.17) is 4.74 Å². The molecule has 1 fully saturated rings. The van der Waals surface area contributed by atoms with E-state index in [2.05, 4.69) is 23.8 Å². The molecule has 2 aliphatic carbocycles. The molecule has 0 radical (unpaired) electrons. The van der Waals surface area contributed by atoms with Gasteiger partial charge in [-0.2, -0.15) is 0 Å². The van der Waals surface area contributed by atoms with Crippen molar-refractivity contribution in [3.05, 3.63) is 16.8 Å². The summed E-state index contributed by atoms with van der Waals surface area (Å²) in [7, 11) is 0. The average Bonchev–Trinajstić information content (AvgIpc) is 3.10. The molecule has 2 aromatic rings. The quantitative estimate of drug-likeness (QED) is 0.660. The highest BCUT2D eigenvalue weighted by atomic mass is 32.1. The van der Waals surface area contributed by atoms with Gasteiger partial charge in [-0.05, 0) is 55.9 Å². The SMILES string of the molecule is CCCC(C)CCC1CC(Oc2ncnc3sc4c(c23)CCC4)C1. The summed E-state index contributed by atoms with van der Waals surface area (Å²) in [4.78, 5) is 11.6. The first-order valence-electron chi connectivity index (χ1n) is 9.66. The van der Waals surface area contributed by atoms with Gasteiger partial charge in [0.15, 0.2) is 0 Å². The maximum Gasteiger partial charge on any atom is 0.225 e. The lowest BCUT2D eigenvalue weighted by molar-refractivity contribution is 0.0549.